The molecule has 9 heavy (non-hydrogen) atoms. The van der Waals surface area contributed by atoms with Crippen LogP contribution < -0.4 is 5.73 Å². The fourth-order valence-electron chi connectivity index (χ4n) is 1.17. The predicted octanol–water partition coefficient (Wildman–Crippen LogP) is 1.17. The van der Waals surface area contributed by atoms with Crippen LogP contribution in [-0.2, 0) is 0 Å². The maximum absolute atomic E-state index is 5.61. The van der Waals surface area contributed by atoms with Crippen LogP contribution in [0.1, 0.15) is 19.3 Å². The van der Waals surface area contributed by atoms with Gasteiger partial charge in [0, 0.05) is 12.0 Å². The summed E-state index contributed by atoms with van der Waals surface area (Å²) in [6, 6.07) is 0.385. The number of hydrogen-bond acceptors (Lipinski definition) is 1. The molecule has 0 amide bonds. The molecular formula is C7H12ClN. The second-order valence-corrected chi connectivity index (χ2v) is 2.44. The van der Waals surface area contributed by atoms with Crippen molar-refractivity contribution in [3.8, 4) is 12.3 Å². The Balaban J connectivity index is 0.000000640. The zero-order valence-electron chi connectivity index (χ0n) is 5.34. The molecule has 1 fully saturated rings. The first-order chi connectivity index (χ1) is 3.83. The summed E-state index contributed by atoms with van der Waals surface area (Å²) in [5, 5.41) is 0. The van der Waals surface area contributed by atoms with Crippen molar-refractivity contribution in [2.45, 2.75) is 25.3 Å². The minimum atomic E-state index is 0. The van der Waals surface area contributed by atoms with Gasteiger partial charge in [-0.3, -0.25) is 0 Å². The van der Waals surface area contributed by atoms with Crippen LogP contribution in [0.2, 0.25) is 0 Å². The topological polar surface area (TPSA) is 26.0 Å². The fourth-order valence-corrected chi connectivity index (χ4v) is 1.17. The highest BCUT2D eigenvalue weighted by molar-refractivity contribution is 5.85. The first-order valence-electron chi connectivity index (χ1n) is 3.04. The lowest BCUT2D eigenvalue weighted by molar-refractivity contribution is 0.668. The molecule has 2 N–H and O–H groups in total. The number of rotatable bonds is 0. The standard InChI is InChI=1S/C7H11N.ClH/c1-2-6-3-4-7(8)5-6;/h1,6-7H,3-5,8H2;1H/t6-,7+;/m0./s1. The average Bonchev–Trinajstić information content (AvgIpc) is 2.14. The Morgan fingerprint density at radius 2 is 2.11 bits per heavy atom. The van der Waals surface area contributed by atoms with Crippen molar-refractivity contribution in [1.82, 2.24) is 0 Å². The number of hydrogen-bond donors (Lipinski definition) is 1. The van der Waals surface area contributed by atoms with E-state index in [-0.39, 0.29) is 12.4 Å². The highest BCUT2D eigenvalue weighted by Crippen LogP contribution is 2.22. The minimum absolute atomic E-state index is 0. The SMILES string of the molecule is C#C[C@H]1CC[C@@H](N)C1.Cl. The molecule has 2 heteroatoms. The molecule has 0 spiro atoms. The van der Waals surface area contributed by atoms with E-state index in [0.29, 0.717) is 12.0 Å². The molecule has 2 atom stereocenters. The Labute approximate surface area is 62.4 Å². The molecule has 1 aliphatic rings. The van der Waals surface area contributed by atoms with Crippen LogP contribution in [0.4, 0.5) is 0 Å². The summed E-state index contributed by atoms with van der Waals surface area (Å²) in [6.45, 7) is 0. The van der Waals surface area contributed by atoms with Crippen LogP contribution in [0.25, 0.3) is 0 Å². The Morgan fingerprint density at radius 1 is 1.44 bits per heavy atom. The molecule has 1 aliphatic carbocycles. The molecule has 52 valence electrons. The Hall–Kier alpha value is -0.190. The lowest BCUT2D eigenvalue weighted by Gasteiger charge is -1.96. The zero-order chi connectivity index (χ0) is 5.98. The third kappa shape index (κ3) is 2.26. The summed E-state index contributed by atoms with van der Waals surface area (Å²) >= 11 is 0. The molecule has 1 saturated carbocycles. The van der Waals surface area contributed by atoms with Gasteiger partial charge in [0.25, 0.3) is 0 Å². The van der Waals surface area contributed by atoms with Crippen LogP contribution >= 0.6 is 12.4 Å². The highest BCUT2D eigenvalue weighted by Gasteiger charge is 2.18. The first kappa shape index (κ1) is 8.81. The molecule has 0 radical (unpaired) electrons. The second-order valence-electron chi connectivity index (χ2n) is 2.44. The van der Waals surface area contributed by atoms with Gasteiger partial charge in [0.1, 0.15) is 0 Å². The normalized spacial score (nSPS) is 32.9. The van der Waals surface area contributed by atoms with Gasteiger partial charge in [0.15, 0.2) is 0 Å². The molecular weight excluding hydrogens is 134 g/mol. The molecule has 0 unspecified atom stereocenters. The average molecular weight is 146 g/mol. The monoisotopic (exact) mass is 145 g/mol. The van der Waals surface area contributed by atoms with E-state index in [9.17, 15) is 0 Å². The van der Waals surface area contributed by atoms with Gasteiger partial charge in [0.2, 0.25) is 0 Å². The van der Waals surface area contributed by atoms with Gasteiger partial charge in [-0.1, -0.05) is 0 Å². The van der Waals surface area contributed by atoms with E-state index < -0.39 is 0 Å². The van der Waals surface area contributed by atoms with Gasteiger partial charge in [-0.15, -0.1) is 24.8 Å². The maximum atomic E-state index is 5.61. The second kappa shape index (κ2) is 3.76. The van der Waals surface area contributed by atoms with Crippen molar-refractivity contribution in [2.24, 2.45) is 11.7 Å². The lowest BCUT2D eigenvalue weighted by Crippen LogP contribution is -2.14. The molecule has 1 nitrogen and oxygen atoms in total. The van der Waals surface area contributed by atoms with E-state index in [1.54, 1.807) is 0 Å². The summed E-state index contributed by atoms with van der Waals surface area (Å²) in [6.07, 6.45) is 8.49. The van der Waals surface area contributed by atoms with E-state index in [2.05, 4.69) is 5.92 Å². The number of nitrogens with two attached hydrogens (primary N) is 1. The predicted molar refractivity (Wildman–Crippen MR) is 41.4 cm³/mol. The Kier molecular flexibility index (Phi) is 3.68. The molecule has 0 aliphatic heterocycles. The largest absolute Gasteiger partial charge is 0.328 e. The van der Waals surface area contributed by atoms with E-state index in [0.717, 1.165) is 19.3 Å². The van der Waals surface area contributed by atoms with Gasteiger partial charge >= 0.3 is 0 Å². The van der Waals surface area contributed by atoms with Gasteiger partial charge in [0.05, 0.1) is 0 Å². The third-order valence-electron chi connectivity index (χ3n) is 1.71. The summed E-state index contributed by atoms with van der Waals surface area (Å²) in [4.78, 5) is 0. The molecule has 0 aromatic carbocycles. The van der Waals surface area contributed by atoms with E-state index in [4.69, 9.17) is 12.2 Å². The van der Waals surface area contributed by atoms with Crippen LogP contribution in [0.3, 0.4) is 0 Å². The van der Waals surface area contributed by atoms with E-state index in [1.807, 2.05) is 0 Å². The lowest BCUT2D eigenvalue weighted by atomic mass is 10.1. The van der Waals surface area contributed by atoms with Gasteiger partial charge in [-0.2, -0.15) is 0 Å². The van der Waals surface area contributed by atoms with Crippen molar-refractivity contribution in [3.63, 3.8) is 0 Å². The van der Waals surface area contributed by atoms with Crippen molar-refractivity contribution < 1.29 is 0 Å². The summed E-state index contributed by atoms with van der Waals surface area (Å²) in [5.41, 5.74) is 5.61. The van der Waals surface area contributed by atoms with Crippen LogP contribution in [0.15, 0.2) is 0 Å². The smallest absolute Gasteiger partial charge is 0.0215 e. The van der Waals surface area contributed by atoms with Crippen LogP contribution in [0, 0.1) is 18.3 Å². The summed E-state index contributed by atoms with van der Waals surface area (Å²) in [5.74, 6) is 3.19. The Morgan fingerprint density at radius 3 is 2.33 bits per heavy atom. The van der Waals surface area contributed by atoms with Gasteiger partial charge in [-0.05, 0) is 19.3 Å². The molecule has 0 aromatic rings. The zero-order valence-corrected chi connectivity index (χ0v) is 6.16. The molecule has 0 bridgehead atoms. The first-order valence-corrected chi connectivity index (χ1v) is 3.04. The Bertz CT molecular complexity index is 117. The van der Waals surface area contributed by atoms with Crippen molar-refractivity contribution in [2.75, 3.05) is 0 Å². The van der Waals surface area contributed by atoms with Crippen molar-refractivity contribution in [1.29, 1.82) is 0 Å². The molecule has 0 saturated heterocycles. The molecule has 0 heterocycles. The number of terminal acetylenes is 1. The van der Waals surface area contributed by atoms with E-state index >= 15 is 0 Å². The minimum Gasteiger partial charge on any atom is -0.328 e. The number of halogens is 1. The van der Waals surface area contributed by atoms with Crippen LogP contribution in [-0.4, -0.2) is 6.04 Å². The third-order valence-corrected chi connectivity index (χ3v) is 1.71. The summed E-state index contributed by atoms with van der Waals surface area (Å²) in [7, 11) is 0. The maximum Gasteiger partial charge on any atom is 0.0215 e. The fraction of sp³-hybridized carbons (Fsp3) is 0.714. The summed E-state index contributed by atoms with van der Waals surface area (Å²) < 4.78 is 0. The molecule has 1 rings (SSSR count). The highest BCUT2D eigenvalue weighted by atomic mass is 35.5. The molecule has 0 aromatic heterocycles. The van der Waals surface area contributed by atoms with E-state index in [1.165, 1.54) is 0 Å². The van der Waals surface area contributed by atoms with Crippen molar-refractivity contribution >= 4 is 12.4 Å². The van der Waals surface area contributed by atoms with Gasteiger partial charge < -0.3 is 5.73 Å². The van der Waals surface area contributed by atoms with Crippen LogP contribution in [0.5, 0.6) is 0 Å². The van der Waals surface area contributed by atoms with Crippen molar-refractivity contribution in [3.05, 3.63) is 0 Å². The quantitative estimate of drug-likeness (QED) is 0.509. The van der Waals surface area contributed by atoms with Gasteiger partial charge in [-0.25, -0.2) is 0 Å².